The van der Waals surface area contributed by atoms with Gasteiger partial charge in [-0.05, 0) is 36.4 Å². The molecule has 126 valence electrons. The van der Waals surface area contributed by atoms with Gasteiger partial charge in [0.15, 0.2) is 0 Å². The van der Waals surface area contributed by atoms with E-state index < -0.39 is 0 Å². The van der Waals surface area contributed by atoms with Gasteiger partial charge < -0.3 is 10.6 Å². The smallest absolute Gasteiger partial charge is 0.251 e. The number of rotatable bonds is 6. The summed E-state index contributed by atoms with van der Waals surface area (Å²) in [6.07, 6.45) is 1.69. The lowest BCUT2D eigenvalue weighted by Crippen LogP contribution is -2.23. The summed E-state index contributed by atoms with van der Waals surface area (Å²) in [7, 11) is 0. The van der Waals surface area contributed by atoms with Crippen molar-refractivity contribution in [3.63, 3.8) is 0 Å². The van der Waals surface area contributed by atoms with Crippen LogP contribution >= 0.6 is 0 Å². The Morgan fingerprint density at radius 3 is 2.60 bits per heavy atom. The van der Waals surface area contributed by atoms with Crippen LogP contribution < -0.4 is 10.6 Å². The van der Waals surface area contributed by atoms with E-state index in [1.807, 2.05) is 24.3 Å². The number of carbonyl (C=O) groups is 1. The highest BCUT2D eigenvalue weighted by molar-refractivity contribution is 5.95. The predicted molar refractivity (Wildman–Crippen MR) is 95.6 cm³/mol. The SMILES string of the molecule is O=C(NCc1ccccn1)c1cccc(NCc2ccccc2F)c1. The van der Waals surface area contributed by atoms with E-state index in [2.05, 4.69) is 15.6 Å². The van der Waals surface area contributed by atoms with Gasteiger partial charge in [-0.3, -0.25) is 9.78 Å². The minimum atomic E-state index is -0.251. The van der Waals surface area contributed by atoms with Gasteiger partial charge in [0.1, 0.15) is 5.82 Å². The molecular weight excluding hydrogens is 317 g/mol. The highest BCUT2D eigenvalue weighted by Crippen LogP contribution is 2.14. The third-order valence-corrected chi connectivity index (χ3v) is 3.72. The lowest BCUT2D eigenvalue weighted by Gasteiger charge is -2.09. The first kappa shape index (κ1) is 16.6. The number of benzene rings is 2. The third kappa shape index (κ3) is 4.64. The van der Waals surface area contributed by atoms with Crippen LogP contribution in [-0.4, -0.2) is 10.9 Å². The van der Waals surface area contributed by atoms with Crippen molar-refractivity contribution in [3.8, 4) is 0 Å². The maximum Gasteiger partial charge on any atom is 0.251 e. The van der Waals surface area contributed by atoms with Crippen molar-refractivity contribution in [1.29, 1.82) is 0 Å². The van der Waals surface area contributed by atoms with E-state index in [0.717, 1.165) is 11.4 Å². The molecule has 1 amide bonds. The Hall–Kier alpha value is -3.21. The molecule has 0 atom stereocenters. The Bertz CT molecular complexity index is 852. The van der Waals surface area contributed by atoms with Gasteiger partial charge in [0.25, 0.3) is 5.91 Å². The third-order valence-electron chi connectivity index (χ3n) is 3.72. The molecule has 0 aliphatic heterocycles. The van der Waals surface area contributed by atoms with Gasteiger partial charge >= 0.3 is 0 Å². The minimum Gasteiger partial charge on any atom is -0.381 e. The summed E-state index contributed by atoms with van der Waals surface area (Å²) in [6.45, 7) is 0.720. The molecule has 2 aromatic carbocycles. The predicted octanol–water partition coefficient (Wildman–Crippen LogP) is 3.76. The highest BCUT2D eigenvalue weighted by atomic mass is 19.1. The molecule has 25 heavy (non-hydrogen) atoms. The van der Waals surface area contributed by atoms with Crippen LogP contribution in [0.1, 0.15) is 21.6 Å². The number of hydrogen-bond donors (Lipinski definition) is 2. The second-order valence-corrected chi connectivity index (χ2v) is 5.53. The molecule has 4 nitrogen and oxygen atoms in total. The molecule has 0 unspecified atom stereocenters. The number of nitrogens with one attached hydrogen (secondary N) is 2. The standard InChI is InChI=1S/C20H18FN3O/c21-19-10-2-1-6-16(19)13-23-17-9-5-7-15(12-17)20(25)24-14-18-8-3-4-11-22-18/h1-12,23H,13-14H2,(H,24,25). The van der Waals surface area contributed by atoms with E-state index in [9.17, 15) is 9.18 Å². The highest BCUT2D eigenvalue weighted by Gasteiger charge is 2.07. The summed E-state index contributed by atoms with van der Waals surface area (Å²) in [5.41, 5.74) is 2.67. The fourth-order valence-corrected chi connectivity index (χ4v) is 2.39. The van der Waals surface area contributed by atoms with Crippen molar-refractivity contribution in [2.45, 2.75) is 13.1 Å². The Kier molecular flexibility index (Phi) is 5.36. The molecular formula is C20H18FN3O. The molecule has 0 saturated heterocycles. The lowest BCUT2D eigenvalue weighted by molar-refractivity contribution is 0.0950. The number of aromatic nitrogens is 1. The van der Waals surface area contributed by atoms with E-state index >= 15 is 0 Å². The minimum absolute atomic E-state index is 0.180. The molecule has 0 aliphatic rings. The summed E-state index contributed by atoms with van der Waals surface area (Å²) in [6, 6.07) is 19.3. The van der Waals surface area contributed by atoms with Crippen LogP contribution in [0.4, 0.5) is 10.1 Å². The van der Waals surface area contributed by atoms with E-state index in [0.29, 0.717) is 24.2 Å². The van der Waals surface area contributed by atoms with Crippen molar-refractivity contribution in [1.82, 2.24) is 10.3 Å². The largest absolute Gasteiger partial charge is 0.381 e. The molecule has 3 rings (SSSR count). The van der Waals surface area contributed by atoms with Crippen LogP contribution in [-0.2, 0) is 13.1 Å². The first-order valence-electron chi connectivity index (χ1n) is 7.98. The van der Waals surface area contributed by atoms with Crippen molar-refractivity contribution >= 4 is 11.6 Å². The van der Waals surface area contributed by atoms with Crippen LogP contribution in [0.2, 0.25) is 0 Å². The zero-order valence-electron chi connectivity index (χ0n) is 13.6. The molecule has 0 spiro atoms. The van der Waals surface area contributed by atoms with Gasteiger partial charge in [-0.25, -0.2) is 4.39 Å². The first-order chi connectivity index (χ1) is 12.2. The summed E-state index contributed by atoms with van der Waals surface area (Å²) in [4.78, 5) is 16.4. The van der Waals surface area contributed by atoms with Crippen molar-refractivity contribution in [2.24, 2.45) is 0 Å². The fourth-order valence-electron chi connectivity index (χ4n) is 2.39. The molecule has 0 saturated carbocycles. The van der Waals surface area contributed by atoms with Crippen LogP contribution in [0.3, 0.4) is 0 Å². The van der Waals surface area contributed by atoms with E-state index in [1.165, 1.54) is 6.07 Å². The van der Waals surface area contributed by atoms with Crippen molar-refractivity contribution in [2.75, 3.05) is 5.32 Å². The normalized spacial score (nSPS) is 10.3. The fraction of sp³-hybridized carbons (Fsp3) is 0.100. The summed E-state index contributed by atoms with van der Waals surface area (Å²) < 4.78 is 13.7. The van der Waals surface area contributed by atoms with Crippen LogP contribution in [0, 0.1) is 5.82 Å². The van der Waals surface area contributed by atoms with E-state index in [-0.39, 0.29) is 11.7 Å². The average Bonchev–Trinajstić information content (AvgIpc) is 2.66. The average molecular weight is 335 g/mol. The number of pyridine rings is 1. The molecule has 0 radical (unpaired) electrons. The Balaban J connectivity index is 1.61. The molecule has 2 N–H and O–H groups in total. The molecule has 3 aromatic rings. The second-order valence-electron chi connectivity index (χ2n) is 5.53. The quantitative estimate of drug-likeness (QED) is 0.721. The van der Waals surface area contributed by atoms with Gasteiger partial charge in [0.05, 0.1) is 12.2 Å². The van der Waals surface area contributed by atoms with Crippen LogP contribution in [0.5, 0.6) is 0 Å². The van der Waals surface area contributed by atoms with Gasteiger partial charge in [-0.15, -0.1) is 0 Å². The Morgan fingerprint density at radius 2 is 1.80 bits per heavy atom. The number of carbonyl (C=O) groups excluding carboxylic acids is 1. The number of nitrogens with zero attached hydrogens (tertiary/aromatic N) is 1. The lowest BCUT2D eigenvalue weighted by atomic mass is 10.1. The molecule has 0 bridgehead atoms. The van der Waals surface area contributed by atoms with E-state index in [4.69, 9.17) is 0 Å². The number of hydrogen-bond acceptors (Lipinski definition) is 3. The first-order valence-corrected chi connectivity index (χ1v) is 7.98. The number of amides is 1. The van der Waals surface area contributed by atoms with Gasteiger partial charge in [-0.1, -0.05) is 30.3 Å². The van der Waals surface area contributed by atoms with Gasteiger partial charge in [-0.2, -0.15) is 0 Å². The summed E-state index contributed by atoms with van der Waals surface area (Å²) in [5.74, 6) is -0.431. The molecule has 1 heterocycles. The van der Waals surface area contributed by atoms with Gasteiger partial charge in [0.2, 0.25) is 0 Å². The Labute approximate surface area is 145 Å². The molecule has 0 fully saturated rings. The second kappa shape index (κ2) is 8.06. The Morgan fingerprint density at radius 1 is 0.960 bits per heavy atom. The van der Waals surface area contributed by atoms with E-state index in [1.54, 1.807) is 42.6 Å². The maximum atomic E-state index is 13.7. The monoisotopic (exact) mass is 335 g/mol. The molecule has 1 aromatic heterocycles. The summed E-state index contributed by atoms with van der Waals surface area (Å²) in [5, 5.41) is 5.97. The summed E-state index contributed by atoms with van der Waals surface area (Å²) >= 11 is 0. The topological polar surface area (TPSA) is 54.0 Å². The zero-order chi connectivity index (χ0) is 17.5. The van der Waals surface area contributed by atoms with Gasteiger partial charge in [0, 0.05) is 29.6 Å². The van der Waals surface area contributed by atoms with Crippen LogP contribution in [0.15, 0.2) is 72.9 Å². The number of anilines is 1. The molecule has 5 heteroatoms. The number of halogens is 1. The zero-order valence-corrected chi connectivity index (χ0v) is 13.6. The van der Waals surface area contributed by atoms with Crippen molar-refractivity contribution in [3.05, 3.63) is 95.6 Å². The van der Waals surface area contributed by atoms with Crippen molar-refractivity contribution < 1.29 is 9.18 Å². The maximum absolute atomic E-state index is 13.7. The molecule has 0 aliphatic carbocycles. The van der Waals surface area contributed by atoms with Crippen LogP contribution in [0.25, 0.3) is 0 Å².